The third kappa shape index (κ3) is 5.28. The standard InChI is InChI=1S/C17H21FN6O2/c18-13-2-1-3-14(10-13)22-17(25)20-5-4-19-16-11-15(12-21-23-16)24-6-8-26-9-7-24/h1-3,10-12H,4-9H2,(H,19,23)(H2,20,22,25). The molecule has 3 rings (SSSR count). The highest BCUT2D eigenvalue weighted by Crippen LogP contribution is 2.16. The predicted molar refractivity (Wildman–Crippen MR) is 97.0 cm³/mol. The number of ether oxygens (including phenoxy) is 1. The maximum atomic E-state index is 13.1. The van der Waals surface area contributed by atoms with Crippen LogP contribution in [0, 0.1) is 5.82 Å². The van der Waals surface area contributed by atoms with Crippen molar-refractivity contribution in [3.8, 4) is 0 Å². The van der Waals surface area contributed by atoms with Crippen molar-refractivity contribution in [2.24, 2.45) is 0 Å². The Hall–Kier alpha value is -2.94. The lowest BCUT2D eigenvalue weighted by molar-refractivity contribution is 0.122. The molecule has 9 heteroatoms. The van der Waals surface area contributed by atoms with Crippen LogP contribution >= 0.6 is 0 Å². The molecule has 0 aliphatic carbocycles. The largest absolute Gasteiger partial charge is 0.378 e. The molecule has 2 aromatic rings. The van der Waals surface area contributed by atoms with Gasteiger partial charge in [-0.25, -0.2) is 9.18 Å². The first-order valence-electron chi connectivity index (χ1n) is 8.40. The van der Waals surface area contributed by atoms with Gasteiger partial charge in [0.15, 0.2) is 5.82 Å². The van der Waals surface area contributed by atoms with Crippen LogP contribution in [0.1, 0.15) is 0 Å². The number of amides is 2. The lowest BCUT2D eigenvalue weighted by Gasteiger charge is -2.28. The summed E-state index contributed by atoms with van der Waals surface area (Å²) in [4.78, 5) is 14.0. The van der Waals surface area contributed by atoms with Crippen molar-refractivity contribution in [3.05, 3.63) is 42.3 Å². The lowest BCUT2D eigenvalue weighted by Crippen LogP contribution is -2.36. The molecule has 1 aliphatic rings. The highest BCUT2D eigenvalue weighted by molar-refractivity contribution is 5.89. The summed E-state index contributed by atoms with van der Waals surface area (Å²) in [5.41, 5.74) is 1.39. The first-order chi connectivity index (χ1) is 12.7. The molecule has 2 amide bonds. The summed E-state index contributed by atoms with van der Waals surface area (Å²) in [6.45, 7) is 3.92. The molecule has 2 heterocycles. The molecule has 1 fully saturated rings. The minimum Gasteiger partial charge on any atom is -0.378 e. The van der Waals surface area contributed by atoms with Crippen molar-refractivity contribution in [2.45, 2.75) is 0 Å². The van der Waals surface area contributed by atoms with Gasteiger partial charge in [0.2, 0.25) is 0 Å². The van der Waals surface area contributed by atoms with Crippen molar-refractivity contribution in [1.29, 1.82) is 0 Å². The lowest BCUT2D eigenvalue weighted by atomic mass is 10.3. The molecule has 1 aliphatic heterocycles. The number of urea groups is 1. The van der Waals surface area contributed by atoms with Crippen molar-refractivity contribution in [2.75, 3.05) is 54.9 Å². The van der Waals surface area contributed by atoms with Gasteiger partial charge >= 0.3 is 6.03 Å². The van der Waals surface area contributed by atoms with Crippen LogP contribution in [0.3, 0.4) is 0 Å². The number of anilines is 3. The van der Waals surface area contributed by atoms with Crippen LogP contribution in [-0.2, 0) is 4.74 Å². The number of benzene rings is 1. The summed E-state index contributed by atoms with van der Waals surface area (Å²) in [6, 6.07) is 7.25. The summed E-state index contributed by atoms with van der Waals surface area (Å²) in [7, 11) is 0. The van der Waals surface area contributed by atoms with Gasteiger partial charge in [0.05, 0.1) is 25.1 Å². The molecule has 0 atom stereocenters. The molecular weight excluding hydrogens is 339 g/mol. The van der Waals surface area contributed by atoms with Gasteiger partial charge in [0.25, 0.3) is 0 Å². The van der Waals surface area contributed by atoms with Gasteiger partial charge < -0.3 is 25.6 Å². The Bertz CT molecular complexity index is 739. The molecule has 1 aromatic carbocycles. The number of morpholine rings is 1. The van der Waals surface area contributed by atoms with E-state index in [4.69, 9.17) is 4.74 Å². The number of halogens is 1. The second-order valence-electron chi connectivity index (χ2n) is 5.72. The molecule has 3 N–H and O–H groups in total. The monoisotopic (exact) mass is 360 g/mol. The molecule has 138 valence electrons. The zero-order valence-corrected chi connectivity index (χ0v) is 14.2. The van der Waals surface area contributed by atoms with Gasteiger partial charge in [-0.1, -0.05) is 6.07 Å². The van der Waals surface area contributed by atoms with Gasteiger partial charge in [0, 0.05) is 37.9 Å². The average Bonchev–Trinajstić information content (AvgIpc) is 2.66. The van der Waals surface area contributed by atoms with Crippen LogP contribution in [0.4, 0.5) is 26.4 Å². The number of nitrogens with one attached hydrogen (secondary N) is 3. The van der Waals surface area contributed by atoms with Crippen molar-refractivity contribution in [1.82, 2.24) is 15.5 Å². The van der Waals surface area contributed by atoms with E-state index in [0.717, 1.165) is 18.8 Å². The molecule has 0 unspecified atom stereocenters. The van der Waals surface area contributed by atoms with Gasteiger partial charge in [-0.15, -0.1) is 5.10 Å². The minimum absolute atomic E-state index is 0.380. The van der Waals surface area contributed by atoms with Crippen molar-refractivity contribution in [3.63, 3.8) is 0 Å². The van der Waals surface area contributed by atoms with Gasteiger partial charge in [-0.05, 0) is 18.2 Å². The fraction of sp³-hybridized carbons (Fsp3) is 0.353. The van der Waals surface area contributed by atoms with Crippen molar-refractivity contribution >= 4 is 23.2 Å². The first kappa shape index (κ1) is 17.9. The van der Waals surface area contributed by atoms with Crippen LogP contribution in [0.15, 0.2) is 36.5 Å². The van der Waals surface area contributed by atoms with Gasteiger partial charge in [-0.2, -0.15) is 5.10 Å². The molecule has 0 bridgehead atoms. The Balaban J connectivity index is 1.41. The highest BCUT2D eigenvalue weighted by Gasteiger charge is 2.12. The number of rotatable bonds is 6. The van der Waals surface area contributed by atoms with E-state index < -0.39 is 11.8 Å². The second kappa shape index (κ2) is 8.95. The van der Waals surface area contributed by atoms with Crippen molar-refractivity contribution < 1.29 is 13.9 Å². The smallest absolute Gasteiger partial charge is 0.319 e. The fourth-order valence-corrected chi connectivity index (χ4v) is 2.55. The Labute approximate surface area is 150 Å². The van der Waals surface area contributed by atoms with E-state index in [-0.39, 0.29) is 0 Å². The summed E-state index contributed by atoms with van der Waals surface area (Å²) in [5.74, 6) is 0.240. The van der Waals surface area contributed by atoms with Crippen LogP contribution < -0.4 is 20.9 Å². The highest BCUT2D eigenvalue weighted by atomic mass is 19.1. The second-order valence-corrected chi connectivity index (χ2v) is 5.72. The molecule has 1 saturated heterocycles. The SMILES string of the molecule is O=C(NCCNc1cc(N2CCOCC2)cnn1)Nc1cccc(F)c1. The first-order valence-corrected chi connectivity index (χ1v) is 8.40. The summed E-state index contributed by atoms with van der Waals surface area (Å²) in [5, 5.41) is 16.4. The quantitative estimate of drug-likeness (QED) is 0.679. The van der Waals surface area contributed by atoms with Gasteiger partial charge in [-0.3, -0.25) is 0 Å². The Morgan fingerprint density at radius 3 is 2.88 bits per heavy atom. The fourth-order valence-electron chi connectivity index (χ4n) is 2.55. The number of aromatic nitrogens is 2. The normalized spacial score (nSPS) is 14.0. The Kier molecular flexibility index (Phi) is 6.15. The van der Waals surface area contributed by atoms with Crippen LogP contribution in [0.25, 0.3) is 0 Å². The maximum Gasteiger partial charge on any atom is 0.319 e. The Morgan fingerprint density at radius 1 is 1.23 bits per heavy atom. The molecule has 0 saturated carbocycles. The van der Waals surface area contributed by atoms with E-state index in [9.17, 15) is 9.18 Å². The summed E-state index contributed by atoms with van der Waals surface area (Å²) < 4.78 is 18.4. The van der Waals surface area contributed by atoms with E-state index in [1.54, 1.807) is 12.3 Å². The number of carbonyl (C=O) groups excluding carboxylic acids is 1. The predicted octanol–water partition coefficient (Wildman–Crippen LogP) is 1.69. The van der Waals surface area contributed by atoms with Crippen LogP contribution in [0.2, 0.25) is 0 Å². The molecular formula is C17H21FN6O2. The maximum absolute atomic E-state index is 13.1. The summed E-state index contributed by atoms with van der Waals surface area (Å²) in [6.07, 6.45) is 1.72. The third-order valence-electron chi connectivity index (χ3n) is 3.82. The third-order valence-corrected chi connectivity index (χ3v) is 3.82. The molecule has 0 radical (unpaired) electrons. The molecule has 26 heavy (non-hydrogen) atoms. The molecule has 1 aromatic heterocycles. The summed E-state index contributed by atoms with van der Waals surface area (Å²) >= 11 is 0. The van der Waals surface area contributed by atoms with Crippen LogP contribution in [-0.4, -0.2) is 55.6 Å². The number of hydrogen-bond donors (Lipinski definition) is 3. The number of nitrogens with zero attached hydrogens (tertiary/aromatic N) is 3. The zero-order chi connectivity index (χ0) is 18.2. The van der Waals surface area contributed by atoms with E-state index in [1.165, 1.54) is 18.2 Å². The van der Waals surface area contributed by atoms with Gasteiger partial charge in [0.1, 0.15) is 5.82 Å². The topological polar surface area (TPSA) is 91.4 Å². The van der Waals surface area contributed by atoms with E-state index >= 15 is 0 Å². The van der Waals surface area contributed by atoms with E-state index in [1.807, 2.05) is 6.07 Å². The average molecular weight is 360 g/mol. The van der Waals surface area contributed by atoms with E-state index in [0.29, 0.717) is 37.8 Å². The zero-order valence-electron chi connectivity index (χ0n) is 14.2. The molecule has 8 nitrogen and oxygen atoms in total. The molecule has 0 spiro atoms. The Morgan fingerprint density at radius 2 is 2.08 bits per heavy atom. The van der Waals surface area contributed by atoms with E-state index in [2.05, 4.69) is 31.0 Å². The minimum atomic E-state index is -0.400. The number of hydrogen-bond acceptors (Lipinski definition) is 6. The van der Waals surface area contributed by atoms with Crippen LogP contribution in [0.5, 0.6) is 0 Å². The number of carbonyl (C=O) groups is 1.